The van der Waals surface area contributed by atoms with Crippen LogP contribution in [0.1, 0.15) is 46.1 Å². The second-order valence-corrected chi connectivity index (χ2v) is 8.59. The number of halogens is 1. The van der Waals surface area contributed by atoms with Crippen molar-refractivity contribution in [2.75, 3.05) is 14.1 Å². The third-order valence-corrected chi connectivity index (χ3v) is 5.53. The first-order valence-electron chi connectivity index (χ1n) is 9.74. The van der Waals surface area contributed by atoms with Gasteiger partial charge < -0.3 is 10.2 Å². The molecule has 1 saturated carbocycles. The summed E-state index contributed by atoms with van der Waals surface area (Å²) >= 11 is 3.46. The van der Waals surface area contributed by atoms with Crippen LogP contribution in [0.3, 0.4) is 0 Å². The van der Waals surface area contributed by atoms with Gasteiger partial charge in [-0.25, -0.2) is 4.68 Å². The second-order valence-electron chi connectivity index (χ2n) is 7.67. The summed E-state index contributed by atoms with van der Waals surface area (Å²) in [7, 11) is 4.08. The van der Waals surface area contributed by atoms with E-state index in [2.05, 4.69) is 48.6 Å². The Hall–Kier alpha value is -2.51. The molecule has 0 atom stereocenters. The van der Waals surface area contributed by atoms with Crippen molar-refractivity contribution in [2.24, 2.45) is 0 Å². The lowest BCUT2D eigenvalue weighted by molar-refractivity contribution is 0.0944. The Morgan fingerprint density at radius 2 is 1.83 bits per heavy atom. The van der Waals surface area contributed by atoms with E-state index in [-0.39, 0.29) is 5.91 Å². The highest BCUT2D eigenvalue weighted by molar-refractivity contribution is 9.10. The Morgan fingerprint density at radius 3 is 2.48 bits per heavy atom. The molecule has 1 fully saturated rings. The lowest BCUT2D eigenvalue weighted by atomic mass is 10.1. The number of hydrogen-bond acceptors (Lipinski definition) is 4. The van der Waals surface area contributed by atoms with E-state index in [0.29, 0.717) is 18.2 Å². The molecule has 1 aromatic heterocycles. The van der Waals surface area contributed by atoms with Crippen LogP contribution in [-0.2, 0) is 13.1 Å². The van der Waals surface area contributed by atoms with Gasteiger partial charge in [0, 0.05) is 23.5 Å². The van der Waals surface area contributed by atoms with E-state index in [1.165, 1.54) is 5.56 Å². The van der Waals surface area contributed by atoms with Gasteiger partial charge in [0.1, 0.15) is 0 Å². The van der Waals surface area contributed by atoms with Gasteiger partial charge in [-0.2, -0.15) is 0 Å². The predicted molar refractivity (Wildman–Crippen MR) is 116 cm³/mol. The lowest BCUT2D eigenvalue weighted by Gasteiger charge is -2.14. The molecule has 2 aromatic carbocycles. The average Bonchev–Trinajstić information content (AvgIpc) is 3.45. The van der Waals surface area contributed by atoms with Gasteiger partial charge in [0.05, 0.1) is 11.4 Å². The molecule has 1 aliphatic carbocycles. The van der Waals surface area contributed by atoms with Crippen LogP contribution in [0.4, 0.5) is 0 Å². The number of nitrogens with one attached hydrogen (secondary N) is 1. The monoisotopic (exact) mass is 453 g/mol. The standard InChI is InChI=1S/C22H24BrN5O/c1-27(2)14-17-6-4-3-5-16(17)13-24-22(29)20-21(15-7-8-15)28(26-25-20)19-11-9-18(23)10-12-19/h3-6,9-12,15H,7-8,13-14H2,1-2H3,(H,24,29). The molecule has 1 aliphatic rings. The van der Waals surface area contributed by atoms with E-state index in [1.54, 1.807) is 4.68 Å². The lowest BCUT2D eigenvalue weighted by Crippen LogP contribution is -2.25. The van der Waals surface area contributed by atoms with Crippen LogP contribution in [0.2, 0.25) is 0 Å². The molecule has 1 heterocycles. The quantitative estimate of drug-likeness (QED) is 0.589. The van der Waals surface area contributed by atoms with Crippen LogP contribution < -0.4 is 5.32 Å². The molecule has 1 N–H and O–H groups in total. The first-order valence-corrected chi connectivity index (χ1v) is 10.5. The van der Waals surface area contributed by atoms with E-state index in [4.69, 9.17) is 0 Å². The molecular formula is C22H24BrN5O. The summed E-state index contributed by atoms with van der Waals surface area (Å²) in [5.74, 6) is 0.172. The summed E-state index contributed by atoms with van der Waals surface area (Å²) in [4.78, 5) is 15.1. The Morgan fingerprint density at radius 1 is 1.14 bits per heavy atom. The summed E-state index contributed by atoms with van der Waals surface area (Å²) in [5, 5.41) is 11.6. The number of hydrogen-bond donors (Lipinski definition) is 1. The topological polar surface area (TPSA) is 63.1 Å². The Kier molecular flexibility index (Phi) is 5.78. The maximum atomic E-state index is 13.0. The molecule has 1 amide bonds. The first kappa shape index (κ1) is 19.8. The Labute approximate surface area is 179 Å². The van der Waals surface area contributed by atoms with Gasteiger partial charge in [0.2, 0.25) is 0 Å². The molecule has 0 aliphatic heterocycles. The van der Waals surface area contributed by atoms with Crippen molar-refractivity contribution >= 4 is 21.8 Å². The van der Waals surface area contributed by atoms with E-state index < -0.39 is 0 Å². The van der Waals surface area contributed by atoms with Crippen LogP contribution in [0, 0.1) is 0 Å². The second kappa shape index (κ2) is 8.47. The molecule has 6 nitrogen and oxygen atoms in total. The van der Waals surface area contributed by atoms with Crippen LogP contribution in [0.5, 0.6) is 0 Å². The Bertz CT molecular complexity index is 1010. The fourth-order valence-electron chi connectivity index (χ4n) is 3.43. The number of carbonyl (C=O) groups excluding carboxylic acids is 1. The minimum absolute atomic E-state index is 0.171. The van der Waals surface area contributed by atoms with E-state index in [9.17, 15) is 4.79 Å². The average molecular weight is 454 g/mol. The first-order chi connectivity index (χ1) is 14.0. The number of aromatic nitrogens is 3. The molecule has 0 unspecified atom stereocenters. The predicted octanol–water partition coefficient (Wildman–Crippen LogP) is 3.90. The zero-order chi connectivity index (χ0) is 20.4. The van der Waals surface area contributed by atoms with Gasteiger partial charge in [-0.1, -0.05) is 45.4 Å². The molecule has 0 saturated heterocycles. The Balaban J connectivity index is 1.55. The van der Waals surface area contributed by atoms with Crippen molar-refractivity contribution in [1.29, 1.82) is 0 Å². The van der Waals surface area contributed by atoms with E-state index in [0.717, 1.165) is 40.8 Å². The van der Waals surface area contributed by atoms with Crippen molar-refractivity contribution in [1.82, 2.24) is 25.2 Å². The van der Waals surface area contributed by atoms with Crippen molar-refractivity contribution in [3.05, 3.63) is 75.5 Å². The van der Waals surface area contributed by atoms with Crippen LogP contribution in [0.25, 0.3) is 5.69 Å². The normalized spacial score (nSPS) is 13.7. The number of nitrogens with zero attached hydrogens (tertiary/aromatic N) is 4. The molecule has 7 heteroatoms. The number of benzene rings is 2. The number of rotatable bonds is 7. The number of amides is 1. The summed E-state index contributed by atoms with van der Waals surface area (Å²) in [6.45, 7) is 1.30. The molecule has 0 spiro atoms. The van der Waals surface area contributed by atoms with E-state index in [1.807, 2.05) is 50.5 Å². The highest BCUT2D eigenvalue weighted by Crippen LogP contribution is 2.42. The summed E-state index contributed by atoms with van der Waals surface area (Å²) < 4.78 is 2.81. The van der Waals surface area contributed by atoms with Gasteiger partial charge in [0.15, 0.2) is 5.69 Å². The molecule has 150 valence electrons. The number of carbonyl (C=O) groups is 1. The van der Waals surface area contributed by atoms with Gasteiger partial charge in [-0.15, -0.1) is 5.10 Å². The molecule has 0 radical (unpaired) electrons. The molecule has 29 heavy (non-hydrogen) atoms. The SMILES string of the molecule is CN(C)Cc1ccccc1CNC(=O)c1nnn(-c2ccc(Br)cc2)c1C1CC1. The summed E-state index contributed by atoms with van der Waals surface area (Å²) in [6, 6.07) is 16.1. The van der Waals surface area contributed by atoms with Crippen LogP contribution in [-0.4, -0.2) is 39.9 Å². The maximum absolute atomic E-state index is 13.0. The minimum atomic E-state index is -0.171. The smallest absolute Gasteiger partial charge is 0.274 e. The molecule has 3 aromatic rings. The van der Waals surface area contributed by atoms with E-state index >= 15 is 0 Å². The maximum Gasteiger partial charge on any atom is 0.274 e. The molecule has 0 bridgehead atoms. The van der Waals surface area contributed by atoms with Gasteiger partial charge in [-0.3, -0.25) is 4.79 Å². The highest BCUT2D eigenvalue weighted by atomic mass is 79.9. The van der Waals surface area contributed by atoms with Crippen molar-refractivity contribution in [3.63, 3.8) is 0 Å². The largest absolute Gasteiger partial charge is 0.346 e. The zero-order valence-electron chi connectivity index (χ0n) is 16.6. The van der Waals surface area contributed by atoms with Gasteiger partial charge >= 0.3 is 0 Å². The summed E-state index contributed by atoms with van der Waals surface area (Å²) in [5.41, 5.74) is 4.58. The highest BCUT2D eigenvalue weighted by Gasteiger charge is 2.34. The minimum Gasteiger partial charge on any atom is -0.346 e. The van der Waals surface area contributed by atoms with Crippen LogP contribution in [0.15, 0.2) is 53.0 Å². The fraction of sp³-hybridized carbons (Fsp3) is 0.318. The molecular weight excluding hydrogens is 430 g/mol. The van der Waals surface area contributed by atoms with Gasteiger partial charge in [-0.05, 0) is 62.3 Å². The van der Waals surface area contributed by atoms with Crippen LogP contribution >= 0.6 is 15.9 Å². The van der Waals surface area contributed by atoms with Crippen molar-refractivity contribution in [2.45, 2.75) is 31.8 Å². The third-order valence-electron chi connectivity index (χ3n) is 5.00. The van der Waals surface area contributed by atoms with Crippen molar-refractivity contribution < 1.29 is 4.79 Å². The fourth-order valence-corrected chi connectivity index (χ4v) is 3.70. The zero-order valence-corrected chi connectivity index (χ0v) is 18.2. The van der Waals surface area contributed by atoms with Gasteiger partial charge in [0.25, 0.3) is 5.91 Å². The summed E-state index contributed by atoms with van der Waals surface area (Å²) in [6.07, 6.45) is 2.13. The molecule has 4 rings (SSSR count). The third kappa shape index (κ3) is 4.57. The van der Waals surface area contributed by atoms with Crippen molar-refractivity contribution in [3.8, 4) is 5.69 Å².